The Morgan fingerprint density at radius 3 is 2.41 bits per heavy atom. The van der Waals surface area contributed by atoms with E-state index in [1.54, 1.807) is 23.5 Å². The first kappa shape index (κ1) is 15.6. The summed E-state index contributed by atoms with van der Waals surface area (Å²) in [7, 11) is 4.16. The predicted octanol–water partition coefficient (Wildman–Crippen LogP) is 5.23. The SMILES string of the molecule is C[C@@H](c1nc(C2CCCC2)c(-c2ccc(F)cc2)s1)N(C)C. The molecule has 1 aliphatic carbocycles. The molecule has 1 aromatic heterocycles. The lowest BCUT2D eigenvalue weighted by Crippen LogP contribution is -2.16. The van der Waals surface area contributed by atoms with Gasteiger partial charge >= 0.3 is 0 Å². The highest BCUT2D eigenvalue weighted by molar-refractivity contribution is 7.15. The van der Waals surface area contributed by atoms with Gasteiger partial charge in [0.25, 0.3) is 0 Å². The van der Waals surface area contributed by atoms with Crippen LogP contribution in [0.2, 0.25) is 0 Å². The minimum absolute atomic E-state index is 0.183. The molecule has 0 bridgehead atoms. The summed E-state index contributed by atoms with van der Waals surface area (Å²) in [6.07, 6.45) is 5.05. The van der Waals surface area contributed by atoms with Gasteiger partial charge in [-0.3, -0.25) is 0 Å². The maximum absolute atomic E-state index is 13.2. The molecule has 0 amide bonds. The summed E-state index contributed by atoms with van der Waals surface area (Å²) >= 11 is 1.77. The molecule has 1 saturated carbocycles. The maximum Gasteiger partial charge on any atom is 0.123 e. The first-order valence-electron chi connectivity index (χ1n) is 7.99. The Kier molecular flexibility index (Phi) is 4.59. The van der Waals surface area contributed by atoms with Crippen molar-refractivity contribution in [1.82, 2.24) is 9.88 Å². The first-order chi connectivity index (χ1) is 10.6. The Morgan fingerprint density at radius 2 is 1.82 bits per heavy atom. The zero-order valence-corrected chi connectivity index (χ0v) is 14.3. The lowest BCUT2D eigenvalue weighted by Gasteiger charge is -2.16. The van der Waals surface area contributed by atoms with Crippen molar-refractivity contribution in [1.29, 1.82) is 0 Å². The van der Waals surface area contributed by atoms with E-state index < -0.39 is 0 Å². The second kappa shape index (κ2) is 6.47. The fourth-order valence-electron chi connectivity index (χ4n) is 3.03. The van der Waals surface area contributed by atoms with E-state index in [1.807, 2.05) is 12.1 Å². The van der Waals surface area contributed by atoms with Crippen molar-refractivity contribution in [3.8, 4) is 10.4 Å². The molecule has 1 aliphatic rings. The molecule has 22 heavy (non-hydrogen) atoms. The summed E-state index contributed by atoms with van der Waals surface area (Å²) in [5.41, 5.74) is 2.33. The van der Waals surface area contributed by atoms with Gasteiger partial charge < -0.3 is 4.90 Å². The van der Waals surface area contributed by atoms with Gasteiger partial charge in [0, 0.05) is 5.92 Å². The highest BCUT2D eigenvalue weighted by Gasteiger charge is 2.26. The number of rotatable bonds is 4. The highest BCUT2D eigenvalue weighted by Crippen LogP contribution is 2.43. The van der Waals surface area contributed by atoms with Gasteiger partial charge in [0.2, 0.25) is 0 Å². The van der Waals surface area contributed by atoms with Gasteiger partial charge in [-0.1, -0.05) is 25.0 Å². The first-order valence-corrected chi connectivity index (χ1v) is 8.81. The van der Waals surface area contributed by atoms with Crippen LogP contribution in [-0.2, 0) is 0 Å². The Labute approximate surface area is 136 Å². The predicted molar refractivity (Wildman–Crippen MR) is 90.8 cm³/mol. The molecule has 0 spiro atoms. The van der Waals surface area contributed by atoms with Crippen LogP contribution in [0.4, 0.5) is 4.39 Å². The van der Waals surface area contributed by atoms with E-state index in [0.717, 1.165) is 10.6 Å². The molecule has 0 unspecified atom stereocenters. The molecule has 1 heterocycles. The summed E-state index contributed by atoms with van der Waals surface area (Å²) in [6.45, 7) is 2.19. The lowest BCUT2D eigenvalue weighted by molar-refractivity contribution is 0.320. The molecule has 2 aromatic rings. The highest BCUT2D eigenvalue weighted by atomic mass is 32.1. The zero-order chi connectivity index (χ0) is 15.7. The standard InChI is InChI=1S/C18H23FN2S/c1-12(21(2)3)18-20-16(13-6-4-5-7-13)17(22-18)14-8-10-15(19)11-9-14/h8-13H,4-7H2,1-3H3/t12-/m0/s1. The van der Waals surface area contributed by atoms with E-state index in [4.69, 9.17) is 4.98 Å². The van der Waals surface area contributed by atoms with Crippen molar-refractivity contribution in [3.05, 3.63) is 40.8 Å². The molecule has 2 nitrogen and oxygen atoms in total. The van der Waals surface area contributed by atoms with Crippen LogP contribution in [-0.4, -0.2) is 24.0 Å². The molecule has 0 aliphatic heterocycles. The summed E-state index contributed by atoms with van der Waals surface area (Å²) < 4.78 is 13.2. The fourth-order valence-corrected chi connectivity index (χ4v) is 4.34. The van der Waals surface area contributed by atoms with Gasteiger partial charge in [-0.15, -0.1) is 11.3 Å². The van der Waals surface area contributed by atoms with Crippen LogP contribution in [0.3, 0.4) is 0 Å². The number of thiazole rings is 1. The number of hydrogen-bond donors (Lipinski definition) is 0. The quantitative estimate of drug-likeness (QED) is 0.767. The molecular formula is C18H23FN2S. The van der Waals surface area contributed by atoms with Crippen LogP contribution >= 0.6 is 11.3 Å². The van der Waals surface area contributed by atoms with Crippen molar-refractivity contribution >= 4 is 11.3 Å². The van der Waals surface area contributed by atoms with Crippen molar-refractivity contribution < 1.29 is 4.39 Å². The molecule has 4 heteroatoms. The van der Waals surface area contributed by atoms with E-state index in [1.165, 1.54) is 36.3 Å². The molecule has 1 aromatic carbocycles. The third-order valence-corrected chi connectivity index (χ3v) is 5.94. The van der Waals surface area contributed by atoms with Crippen molar-refractivity contribution in [3.63, 3.8) is 0 Å². The number of benzene rings is 1. The van der Waals surface area contributed by atoms with Gasteiger partial charge in [-0.25, -0.2) is 9.37 Å². The number of nitrogens with zero attached hydrogens (tertiary/aromatic N) is 2. The van der Waals surface area contributed by atoms with Gasteiger partial charge in [-0.2, -0.15) is 0 Å². The van der Waals surface area contributed by atoms with Crippen molar-refractivity contribution in [2.45, 2.75) is 44.6 Å². The Morgan fingerprint density at radius 1 is 1.18 bits per heavy atom. The molecular weight excluding hydrogens is 295 g/mol. The summed E-state index contributed by atoms with van der Waals surface area (Å²) in [4.78, 5) is 8.41. The molecule has 0 radical (unpaired) electrons. The number of hydrogen-bond acceptors (Lipinski definition) is 3. The Balaban J connectivity index is 2.03. The van der Waals surface area contributed by atoms with Crippen LogP contribution in [0.15, 0.2) is 24.3 Å². The van der Waals surface area contributed by atoms with Crippen LogP contribution < -0.4 is 0 Å². The van der Waals surface area contributed by atoms with Gasteiger partial charge in [0.15, 0.2) is 0 Å². The average Bonchev–Trinajstić information content (AvgIpc) is 3.16. The molecule has 1 atom stereocenters. The van der Waals surface area contributed by atoms with E-state index in [0.29, 0.717) is 12.0 Å². The molecule has 0 N–H and O–H groups in total. The second-order valence-electron chi connectivity index (χ2n) is 6.39. The third-order valence-electron chi connectivity index (χ3n) is 4.65. The van der Waals surface area contributed by atoms with Crippen molar-refractivity contribution in [2.75, 3.05) is 14.1 Å². The van der Waals surface area contributed by atoms with Crippen molar-refractivity contribution in [2.24, 2.45) is 0 Å². The zero-order valence-electron chi connectivity index (χ0n) is 13.5. The van der Waals surface area contributed by atoms with E-state index >= 15 is 0 Å². The van der Waals surface area contributed by atoms with Crippen LogP contribution in [0.1, 0.15) is 55.3 Å². The largest absolute Gasteiger partial charge is 0.300 e. The molecule has 118 valence electrons. The monoisotopic (exact) mass is 318 g/mol. The van der Waals surface area contributed by atoms with E-state index in [-0.39, 0.29) is 5.82 Å². The number of aromatic nitrogens is 1. The van der Waals surface area contributed by atoms with Gasteiger partial charge in [-0.05, 0) is 51.6 Å². The third kappa shape index (κ3) is 3.08. The summed E-state index contributed by atoms with van der Waals surface area (Å²) in [5, 5.41) is 1.16. The molecule has 3 rings (SSSR count). The molecule has 0 saturated heterocycles. The lowest BCUT2D eigenvalue weighted by atomic mass is 10.00. The minimum atomic E-state index is -0.183. The van der Waals surface area contributed by atoms with Crippen LogP contribution in [0, 0.1) is 5.82 Å². The van der Waals surface area contributed by atoms with Crippen LogP contribution in [0.5, 0.6) is 0 Å². The Bertz CT molecular complexity index is 627. The smallest absolute Gasteiger partial charge is 0.123 e. The molecule has 1 fully saturated rings. The minimum Gasteiger partial charge on any atom is -0.300 e. The average molecular weight is 318 g/mol. The summed E-state index contributed by atoms with van der Waals surface area (Å²) in [5.74, 6) is 0.386. The van der Waals surface area contributed by atoms with Gasteiger partial charge in [0.1, 0.15) is 10.8 Å². The Hall–Kier alpha value is -1.26. The van der Waals surface area contributed by atoms with Crippen LogP contribution in [0.25, 0.3) is 10.4 Å². The number of halogens is 1. The van der Waals surface area contributed by atoms with E-state index in [2.05, 4.69) is 25.9 Å². The summed E-state index contributed by atoms with van der Waals surface area (Å²) in [6, 6.07) is 7.15. The topological polar surface area (TPSA) is 16.1 Å². The second-order valence-corrected chi connectivity index (χ2v) is 7.42. The maximum atomic E-state index is 13.2. The fraction of sp³-hybridized carbons (Fsp3) is 0.500. The normalized spacial score (nSPS) is 17.3. The van der Waals surface area contributed by atoms with E-state index in [9.17, 15) is 4.39 Å². The van der Waals surface area contributed by atoms with Gasteiger partial charge in [0.05, 0.1) is 16.6 Å².